The van der Waals surface area contributed by atoms with Crippen molar-refractivity contribution in [2.45, 2.75) is 32.8 Å². The van der Waals surface area contributed by atoms with E-state index >= 15 is 0 Å². The molecule has 1 unspecified atom stereocenters. The first-order chi connectivity index (χ1) is 11.9. The van der Waals surface area contributed by atoms with E-state index in [1.54, 1.807) is 20.0 Å². The van der Waals surface area contributed by atoms with Gasteiger partial charge in [0.25, 0.3) is 0 Å². The molecule has 0 saturated heterocycles. The third-order valence-electron chi connectivity index (χ3n) is 3.25. The van der Waals surface area contributed by atoms with Gasteiger partial charge in [-0.15, -0.1) is 0 Å². The Morgan fingerprint density at radius 1 is 1.36 bits per heavy atom. The summed E-state index contributed by atoms with van der Waals surface area (Å²) in [5.41, 5.74) is 1.72. The molecule has 0 aliphatic heterocycles. The normalized spacial score (nSPS) is 13.8. The van der Waals surface area contributed by atoms with Gasteiger partial charge in [-0.1, -0.05) is 18.2 Å². The molecule has 1 atom stereocenters. The number of para-hydroxylation sites is 1. The van der Waals surface area contributed by atoms with Gasteiger partial charge in [0.1, 0.15) is 0 Å². The van der Waals surface area contributed by atoms with Crippen LogP contribution in [0, 0.1) is 0 Å². The Balaban J connectivity index is 1.71. The predicted octanol–water partition coefficient (Wildman–Crippen LogP) is 2.83. The molecule has 2 aromatic rings. The van der Waals surface area contributed by atoms with Crippen molar-refractivity contribution in [2.75, 3.05) is 13.2 Å². The molecule has 1 aromatic carbocycles. The molecule has 0 saturated carbocycles. The molecule has 2 N–H and O–H groups in total. The van der Waals surface area contributed by atoms with E-state index in [4.69, 9.17) is 9.05 Å². The van der Waals surface area contributed by atoms with Gasteiger partial charge in [0.2, 0.25) is 5.91 Å². The number of phosphoric ester groups is 1. The Bertz CT molecular complexity index is 766. The maximum Gasteiger partial charge on any atom is 0.472 e. The van der Waals surface area contributed by atoms with Crippen molar-refractivity contribution in [3.05, 3.63) is 42.1 Å². The summed E-state index contributed by atoms with van der Waals surface area (Å²) in [5, 5.41) is 3.74. The summed E-state index contributed by atoms with van der Waals surface area (Å²) in [6, 6.07) is 9.66. The zero-order chi connectivity index (χ0) is 18.3. The van der Waals surface area contributed by atoms with E-state index in [1.807, 2.05) is 30.3 Å². The third kappa shape index (κ3) is 6.92. The minimum atomic E-state index is -4.01. The number of hydrogen-bond acceptors (Lipinski definition) is 5. The lowest BCUT2D eigenvalue weighted by molar-refractivity contribution is -0.120. The highest BCUT2D eigenvalue weighted by Crippen LogP contribution is 2.44. The van der Waals surface area contributed by atoms with Crippen LogP contribution in [0.2, 0.25) is 0 Å². The number of benzene rings is 1. The molecule has 136 valence electrons. The number of phosphoric acid groups is 1. The third-order valence-corrected chi connectivity index (χ3v) is 4.45. The summed E-state index contributed by atoms with van der Waals surface area (Å²) < 4.78 is 21.1. The number of carbonyl (C=O) groups is 1. The highest BCUT2D eigenvalue weighted by molar-refractivity contribution is 7.47. The van der Waals surface area contributed by atoms with E-state index in [0.29, 0.717) is 13.0 Å². The van der Waals surface area contributed by atoms with Crippen LogP contribution in [0.4, 0.5) is 0 Å². The fourth-order valence-electron chi connectivity index (χ4n) is 2.24. The molecule has 1 aromatic heterocycles. The SMILES string of the molecule is CC(C)OP(=O)(O)OCCCNC(=O)Cc1cnc2ccccc2c1. The van der Waals surface area contributed by atoms with Crippen LogP contribution in [0.15, 0.2) is 36.5 Å². The fourth-order valence-corrected chi connectivity index (χ4v) is 3.19. The Kier molecular flexibility index (Phi) is 7.08. The largest absolute Gasteiger partial charge is 0.472 e. The molecular weight excluding hydrogens is 343 g/mol. The number of pyridine rings is 1. The van der Waals surface area contributed by atoms with E-state index in [2.05, 4.69) is 10.3 Å². The second kappa shape index (κ2) is 9.06. The number of amides is 1. The quantitative estimate of drug-likeness (QED) is 0.523. The van der Waals surface area contributed by atoms with Crippen molar-refractivity contribution in [1.29, 1.82) is 0 Å². The van der Waals surface area contributed by atoms with Gasteiger partial charge < -0.3 is 10.2 Å². The first kappa shape index (κ1) is 19.5. The first-order valence-corrected chi connectivity index (χ1v) is 9.61. The summed E-state index contributed by atoms with van der Waals surface area (Å²) in [5.74, 6) is -0.136. The van der Waals surface area contributed by atoms with Crippen LogP contribution >= 0.6 is 7.82 Å². The molecule has 0 spiro atoms. The lowest BCUT2D eigenvalue weighted by Gasteiger charge is -2.14. The maximum absolute atomic E-state index is 11.9. The molecule has 25 heavy (non-hydrogen) atoms. The zero-order valence-electron chi connectivity index (χ0n) is 14.3. The average molecular weight is 366 g/mol. The standard InChI is InChI=1S/C17H23N2O5P/c1-13(2)24-25(21,22)23-9-5-8-18-17(20)11-14-10-15-6-3-4-7-16(15)19-12-14/h3-4,6-7,10,12-13H,5,8-9,11H2,1-2H3,(H,18,20)(H,21,22). The van der Waals surface area contributed by atoms with Gasteiger partial charge >= 0.3 is 7.82 Å². The Hall–Kier alpha value is -1.79. The van der Waals surface area contributed by atoms with Crippen molar-refractivity contribution >= 4 is 24.6 Å². The average Bonchev–Trinajstić information content (AvgIpc) is 2.53. The number of nitrogens with zero attached hydrogens (tertiary/aromatic N) is 1. The summed E-state index contributed by atoms with van der Waals surface area (Å²) in [7, 11) is -4.01. The number of carbonyl (C=O) groups excluding carboxylic acids is 1. The van der Waals surface area contributed by atoms with Crippen LogP contribution in [0.1, 0.15) is 25.8 Å². The van der Waals surface area contributed by atoms with Gasteiger partial charge in [-0.25, -0.2) is 4.57 Å². The minimum Gasteiger partial charge on any atom is -0.356 e. The van der Waals surface area contributed by atoms with E-state index < -0.39 is 13.9 Å². The Morgan fingerprint density at radius 2 is 2.12 bits per heavy atom. The molecule has 8 heteroatoms. The number of aromatic nitrogens is 1. The van der Waals surface area contributed by atoms with Gasteiger partial charge in [-0.05, 0) is 38.0 Å². The second-order valence-electron chi connectivity index (χ2n) is 5.87. The number of nitrogens with one attached hydrogen (secondary N) is 1. The Morgan fingerprint density at radius 3 is 2.88 bits per heavy atom. The van der Waals surface area contributed by atoms with Gasteiger partial charge in [0.15, 0.2) is 0 Å². The molecule has 0 radical (unpaired) electrons. The fraction of sp³-hybridized carbons (Fsp3) is 0.412. The van der Waals surface area contributed by atoms with Gasteiger partial charge in [-0.3, -0.25) is 18.8 Å². The predicted molar refractivity (Wildman–Crippen MR) is 95.1 cm³/mol. The minimum absolute atomic E-state index is 0.0261. The summed E-state index contributed by atoms with van der Waals surface area (Å²) >= 11 is 0. The number of hydrogen-bond donors (Lipinski definition) is 2. The molecule has 0 bridgehead atoms. The van der Waals surface area contributed by atoms with Crippen LogP contribution in [0.25, 0.3) is 10.9 Å². The van der Waals surface area contributed by atoms with Gasteiger partial charge in [0.05, 0.1) is 24.6 Å². The van der Waals surface area contributed by atoms with Crippen molar-refractivity contribution < 1.29 is 23.3 Å². The van der Waals surface area contributed by atoms with E-state index in [1.165, 1.54) is 0 Å². The van der Waals surface area contributed by atoms with Crippen molar-refractivity contribution in [1.82, 2.24) is 10.3 Å². The van der Waals surface area contributed by atoms with Gasteiger partial charge in [0, 0.05) is 18.1 Å². The molecule has 1 heterocycles. The second-order valence-corrected chi connectivity index (χ2v) is 7.28. The van der Waals surface area contributed by atoms with Crippen LogP contribution in [-0.4, -0.2) is 35.0 Å². The van der Waals surface area contributed by atoms with Crippen molar-refractivity contribution in [3.63, 3.8) is 0 Å². The Labute approximate surface area is 147 Å². The molecule has 1 amide bonds. The lowest BCUT2D eigenvalue weighted by Crippen LogP contribution is -2.26. The summed E-state index contributed by atoms with van der Waals surface area (Å²) in [6.07, 6.45) is 1.93. The summed E-state index contributed by atoms with van der Waals surface area (Å²) in [6.45, 7) is 3.67. The van der Waals surface area contributed by atoms with E-state index in [0.717, 1.165) is 16.5 Å². The first-order valence-electron chi connectivity index (χ1n) is 8.12. The van der Waals surface area contributed by atoms with E-state index in [-0.39, 0.29) is 18.9 Å². The van der Waals surface area contributed by atoms with Gasteiger partial charge in [-0.2, -0.15) is 0 Å². The molecule has 2 rings (SSSR count). The summed E-state index contributed by atoms with van der Waals surface area (Å²) in [4.78, 5) is 25.7. The lowest BCUT2D eigenvalue weighted by atomic mass is 10.1. The van der Waals surface area contributed by atoms with Crippen LogP contribution < -0.4 is 5.32 Å². The van der Waals surface area contributed by atoms with Crippen LogP contribution in [0.3, 0.4) is 0 Å². The molecule has 0 fully saturated rings. The van der Waals surface area contributed by atoms with Crippen molar-refractivity contribution in [3.8, 4) is 0 Å². The highest BCUT2D eigenvalue weighted by Gasteiger charge is 2.22. The van der Waals surface area contributed by atoms with Crippen molar-refractivity contribution in [2.24, 2.45) is 0 Å². The molecule has 7 nitrogen and oxygen atoms in total. The molecular formula is C17H23N2O5P. The monoisotopic (exact) mass is 366 g/mol. The molecule has 0 aliphatic rings. The number of rotatable bonds is 9. The van der Waals surface area contributed by atoms with Crippen LogP contribution in [0.5, 0.6) is 0 Å². The zero-order valence-corrected chi connectivity index (χ0v) is 15.2. The van der Waals surface area contributed by atoms with E-state index in [9.17, 15) is 14.3 Å². The topological polar surface area (TPSA) is 97.8 Å². The smallest absolute Gasteiger partial charge is 0.356 e. The van der Waals surface area contributed by atoms with Crippen LogP contribution in [-0.2, 0) is 24.8 Å². The highest BCUT2D eigenvalue weighted by atomic mass is 31.2. The maximum atomic E-state index is 11.9. The number of fused-ring (bicyclic) bond motifs is 1. The molecule has 0 aliphatic carbocycles.